The Hall–Kier alpha value is -1.40. The van der Waals surface area contributed by atoms with Crippen LogP contribution >= 0.6 is 0 Å². The normalized spacial score (nSPS) is 17.4. The van der Waals surface area contributed by atoms with Crippen LogP contribution in [0.1, 0.15) is 42.2 Å². The highest BCUT2D eigenvalue weighted by Gasteiger charge is 2.21. The first-order valence-electron chi connectivity index (χ1n) is 7.09. The fourth-order valence-electron chi connectivity index (χ4n) is 2.66. The molecule has 2 rings (SSSR count). The van der Waals surface area contributed by atoms with Gasteiger partial charge in [-0.1, -0.05) is 12.8 Å². The first-order valence-corrected chi connectivity index (χ1v) is 7.09. The van der Waals surface area contributed by atoms with Crippen molar-refractivity contribution in [3.05, 3.63) is 18.0 Å². The molecule has 1 aromatic heterocycles. The van der Waals surface area contributed by atoms with E-state index in [1.165, 1.54) is 24.9 Å². The molecule has 0 bridgehead atoms. The lowest BCUT2D eigenvalue weighted by atomic mass is 10.3. The maximum absolute atomic E-state index is 12.2. The van der Waals surface area contributed by atoms with E-state index in [-0.39, 0.29) is 19.1 Å². The van der Waals surface area contributed by atoms with Crippen LogP contribution in [0.5, 0.6) is 0 Å². The van der Waals surface area contributed by atoms with Gasteiger partial charge in [-0.15, -0.1) is 0 Å². The molecular formula is C14H23N3O3. The maximum atomic E-state index is 12.2. The quantitative estimate of drug-likeness (QED) is 0.847. The van der Waals surface area contributed by atoms with Crippen LogP contribution in [0.3, 0.4) is 0 Å². The van der Waals surface area contributed by atoms with E-state index < -0.39 is 6.10 Å². The average molecular weight is 281 g/mol. The van der Waals surface area contributed by atoms with E-state index in [1.54, 1.807) is 13.1 Å². The number of aliphatic hydroxyl groups is 1. The summed E-state index contributed by atoms with van der Waals surface area (Å²) in [5.41, 5.74) is 0.434. The highest BCUT2D eigenvalue weighted by Crippen LogP contribution is 2.28. The Morgan fingerprint density at radius 2 is 2.30 bits per heavy atom. The van der Waals surface area contributed by atoms with Crippen molar-refractivity contribution in [3.63, 3.8) is 0 Å². The van der Waals surface area contributed by atoms with Gasteiger partial charge in [0.15, 0.2) is 0 Å². The summed E-state index contributed by atoms with van der Waals surface area (Å²) >= 11 is 0. The molecule has 1 saturated carbocycles. The third kappa shape index (κ3) is 3.58. The number of hydrogen-bond donors (Lipinski definition) is 1. The molecule has 1 aliphatic carbocycles. The van der Waals surface area contributed by atoms with Gasteiger partial charge in [-0.25, -0.2) is 0 Å². The van der Waals surface area contributed by atoms with E-state index in [4.69, 9.17) is 4.74 Å². The van der Waals surface area contributed by atoms with Crippen LogP contribution in [-0.2, 0) is 4.74 Å². The van der Waals surface area contributed by atoms with Crippen molar-refractivity contribution in [1.29, 1.82) is 0 Å². The lowest BCUT2D eigenvalue weighted by Crippen LogP contribution is -2.36. The van der Waals surface area contributed by atoms with Crippen molar-refractivity contribution in [2.24, 2.45) is 0 Å². The summed E-state index contributed by atoms with van der Waals surface area (Å²) in [6, 6.07) is 2.18. The Morgan fingerprint density at radius 3 is 2.95 bits per heavy atom. The summed E-state index contributed by atoms with van der Waals surface area (Å²) in [5.74, 6) is -0.170. The zero-order valence-corrected chi connectivity index (χ0v) is 12.2. The largest absolute Gasteiger partial charge is 0.389 e. The fraction of sp³-hybridized carbons (Fsp3) is 0.714. The van der Waals surface area contributed by atoms with E-state index in [2.05, 4.69) is 5.10 Å². The number of amides is 1. The summed E-state index contributed by atoms with van der Waals surface area (Å²) in [7, 11) is 3.18. The van der Waals surface area contributed by atoms with Crippen LogP contribution < -0.4 is 0 Å². The molecule has 0 aromatic carbocycles. The Kier molecular flexibility index (Phi) is 5.14. The van der Waals surface area contributed by atoms with E-state index in [0.717, 1.165) is 12.8 Å². The number of likely N-dealkylation sites (N-methyl/N-ethyl adjacent to an activating group) is 1. The minimum Gasteiger partial charge on any atom is -0.389 e. The van der Waals surface area contributed by atoms with Crippen LogP contribution in [0, 0.1) is 0 Å². The first kappa shape index (κ1) is 15.0. The van der Waals surface area contributed by atoms with Gasteiger partial charge in [-0.3, -0.25) is 9.48 Å². The topological polar surface area (TPSA) is 67.6 Å². The van der Waals surface area contributed by atoms with Crippen molar-refractivity contribution in [3.8, 4) is 0 Å². The van der Waals surface area contributed by atoms with Gasteiger partial charge in [-0.2, -0.15) is 5.10 Å². The van der Waals surface area contributed by atoms with Crippen molar-refractivity contribution < 1.29 is 14.6 Å². The van der Waals surface area contributed by atoms with Gasteiger partial charge in [0.1, 0.15) is 5.69 Å². The summed E-state index contributed by atoms with van der Waals surface area (Å²) < 4.78 is 6.76. The number of ether oxygens (including phenoxy) is 1. The molecule has 6 heteroatoms. The minimum atomic E-state index is -0.675. The molecule has 1 fully saturated rings. The summed E-state index contributed by atoms with van der Waals surface area (Å²) in [5, 5.41) is 14.0. The molecule has 0 radical (unpaired) electrons. The van der Waals surface area contributed by atoms with Gasteiger partial charge in [0, 0.05) is 26.9 Å². The Morgan fingerprint density at radius 1 is 1.60 bits per heavy atom. The number of carbonyl (C=O) groups is 1. The number of methoxy groups -OCH3 is 1. The molecular weight excluding hydrogens is 258 g/mol. The van der Waals surface area contributed by atoms with Crippen molar-refractivity contribution in [2.45, 2.75) is 37.8 Å². The molecule has 1 aliphatic rings. The number of carbonyl (C=O) groups excluding carboxylic acids is 1. The second-order valence-electron chi connectivity index (χ2n) is 5.41. The van der Waals surface area contributed by atoms with E-state index in [0.29, 0.717) is 11.7 Å². The number of aromatic nitrogens is 2. The second-order valence-corrected chi connectivity index (χ2v) is 5.41. The van der Waals surface area contributed by atoms with Gasteiger partial charge < -0.3 is 14.7 Å². The lowest BCUT2D eigenvalue weighted by molar-refractivity contribution is 0.0377. The monoisotopic (exact) mass is 281 g/mol. The Labute approximate surface area is 119 Å². The molecule has 0 aliphatic heterocycles. The summed E-state index contributed by atoms with van der Waals surface area (Å²) in [6.45, 7) is 0.455. The molecule has 0 spiro atoms. The van der Waals surface area contributed by atoms with Crippen LogP contribution in [0.15, 0.2) is 12.3 Å². The Balaban J connectivity index is 1.94. The molecule has 6 nitrogen and oxygen atoms in total. The molecule has 1 unspecified atom stereocenters. The SMILES string of the molecule is COCC(O)CN(C)C(=O)c1ccn(C2CCCC2)n1. The predicted molar refractivity (Wildman–Crippen MR) is 74.6 cm³/mol. The molecule has 1 N–H and O–H groups in total. The molecule has 1 amide bonds. The predicted octanol–water partition coefficient (Wildman–Crippen LogP) is 1.08. The molecule has 20 heavy (non-hydrogen) atoms. The molecule has 1 aromatic rings. The molecule has 0 saturated heterocycles. The first-order chi connectivity index (χ1) is 9.61. The highest BCUT2D eigenvalue weighted by molar-refractivity contribution is 5.92. The van der Waals surface area contributed by atoms with E-state index in [1.807, 2.05) is 10.9 Å². The van der Waals surface area contributed by atoms with Crippen LogP contribution in [-0.4, -0.2) is 59.1 Å². The van der Waals surface area contributed by atoms with Crippen molar-refractivity contribution in [1.82, 2.24) is 14.7 Å². The average Bonchev–Trinajstić information content (AvgIpc) is 3.08. The number of rotatable bonds is 6. The van der Waals surface area contributed by atoms with Crippen molar-refractivity contribution >= 4 is 5.91 Å². The fourth-order valence-corrected chi connectivity index (χ4v) is 2.66. The molecule has 1 atom stereocenters. The lowest BCUT2D eigenvalue weighted by Gasteiger charge is -2.19. The van der Waals surface area contributed by atoms with Gasteiger partial charge in [0.05, 0.1) is 18.8 Å². The smallest absolute Gasteiger partial charge is 0.274 e. The standard InChI is InChI=1S/C14H23N3O3/c1-16(9-12(18)10-20-2)14(19)13-7-8-17(15-13)11-5-3-4-6-11/h7-8,11-12,18H,3-6,9-10H2,1-2H3. The number of aliphatic hydroxyl groups excluding tert-OH is 1. The number of hydrogen-bond acceptors (Lipinski definition) is 4. The second kappa shape index (κ2) is 6.85. The van der Waals surface area contributed by atoms with Gasteiger partial charge >= 0.3 is 0 Å². The third-order valence-corrected chi connectivity index (χ3v) is 3.72. The molecule has 1 heterocycles. The van der Waals surface area contributed by atoms with Crippen LogP contribution in [0.2, 0.25) is 0 Å². The zero-order valence-electron chi connectivity index (χ0n) is 12.2. The van der Waals surface area contributed by atoms with Crippen LogP contribution in [0.25, 0.3) is 0 Å². The van der Waals surface area contributed by atoms with Crippen LogP contribution in [0.4, 0.5) is 0 Å². The molecule has 112 valence electrons. The Bertz CT molecular complexity index is 441. The van der Waals surface area contributed by atoms with Crippen molar-refractivity contribution in [2.75, 3.05) is 27.3 Å². The van der Waals surface area contributed by atoms with E-state index >= 15 is 0 Å². The minimum absolute atomic E-state index is 0.170. The third-order valence-electron chi connectivity index (χ3n) is 3.72. The van der Waals surface area contributed by atoms with E-state index in [9.17, 15) is 9.90 Å². The summed E-state index contributed by atoms with van der Waals surface area (Å²) in [6.07, 6.45) is 5.94. The number of nitrogens with zero attached hydrogens (tertiary/aromatic N) is 3. The highest BCUT2D eigenvalue weighted by atomic mass is 16.5. The zero-order chi connectivity index (χ0) is 14.5. The van der Waals surface area contributed by atoms with Gasteiger partial charge in [0.2, 0.25) is 0 Å². The maximum Gasteiger partial charge on any atom is 0.274 e. The summed E-state index contributed by atoms with van der Waals surface area (Å²) in [4.78, 5) is 13.7. The van der Waals surface area contributed by atoms with Gasteiger partial charge in [-0.05, 0) is 18.9 Å². The van der Waals surface area contributed by atoms with Gasteiger partial charge in [0.25, 0.3) is 5.91 Å².